The lowest BCUT2D eigenvalue weighted by atomic mass is 10.1. The lowest BCUT2D eigenvalue weighted by Crippen LogP contribution is -2.54. The molecule has 0 atom stereocenters. The fraction of sp³-hybridized carbons (Fsp3) is 0.148. The number of ether oxygens (including phenoxy) is 2. The van der Waals surface area contributed by atoms with E-state index in [9.17, 15) is 24.5 Å². The predicted octanol–water partition coefficient (Wildman–Crippen LogP) is 4.55. The van der Waals surface area contributed by atoms with Crippen molar-refractivity contribution in [3.05, 3.63) is 99.1 Å². The third-order valence-electron chi connectivity index (χ3n) is 5.55. The van der Waals surface area contributed by atoms with Gasteiger partial charge < -0.3 is 9.47 Å². The Morgan fingerprint density at radius 3 is 2.49 bits per heavy atom. The van der Waals surface area contributed by atoms with Gasteiger partial charge in [0.15, 0.2) is 11.5 Å². The van der Waals surface area contributed by atoms with Gasteiger partial charge in [0.1, 0.15) is 12.2 Å². The monoisotopic (exact) mass is 501 g/mol. The second-order valence-electron chi connectivity index (χ2n) is 8.10. The topological polar surface area (TPSA) is 128 Å². The first-order chi connectivity index (χ1) is 17.8. The summed E-state index contributed by atoms with van der Waals surface area (Å²) in [6.45, 7) is 3.94. The van der Waals surface area contributed by atoms with Crippen molar-refractivity contribution in [3.63, 3.8) is 0 Å². The smallest absolute Gasteiger partial charge is 0.335 e. The van der Waals surface area contributed by atoms with E-state index in [-0.39, 0.29) is 17.9 Å². The lowest BCUT2D eigenvalue weighted by molar-refractivity contribution is -0.384. The van der Waals surface area contributed by atoms with E-state index >= 15 is 0 Å². The van der Waals surface area contributed by atoms with E-state index in [1.807, 2.05) is 0 Å². The van der Waals surface area contributed by atoms with Crippen molar-refractivity contribution in [1.29, 1.82) is 0 Å². The molecule has 4 amide bonds. The Morgan fingerprint density at radius 2 is 1.76 bits per heavy atom. The maximum atomic E-state index is 13.2. The van der Waals surface area contributed by atoms with Crippen molar-refractivity contribution in [2.75, 3.05) is 11.5 Å². The number of urea groups is 1. The molecular weight excluding hydrogens is 478 g/mol. The number of imide groups is 2. The van der Waals surface area contributed by atoms with E-state index in [0.29, 0.717) is 40.5 Å². The molecule has 1 saturated heterocycles. The zero-order valence-electron chi connectivity index (χ0n) is 20.1. The van der Waals surface area contributed by atoms with Crippen molar-refractivity contribution in [3.8, 4) is 11.5 Å². The summed E-state index contributed by atoms with van der Waals surface area (Å²) in [6.07, 6.45) is 1.38. The van der Waals surface area contributed by atoms with Crippen molar-refractivity contribution in [1.82, 2.24) is 5.32 Å². The van der Waals surface area contributed by atoms with Crippen LogP contribution >= 0.6 is 0 Å². The molecule has 0 spiro atoms. The van der Waals surface area contributed by atoms with E-state index in [0.717, 1.165) is 4.90 Å². The van der Waals surface area contributed by atoms with Gasteiger partial charge in [-0.1, -0.05) is 36.4 Å². The number of anilines is 1. The first kappa shape index (κ1) is 25.1. The van der Waals surface area contributed by atoms with Crippen LogP contribution < -0.4 is 19.7 Å². The molecule has 3 aromatic carbocycles. The van der Waals surface area contributed by atoms with Gasteiger partial charge in [0, 0.05) is 12.1 Å². The van der Waals surface area contributed by atoms with Gasteiger partial charge in [-0.15, -0.1) is 0 Å². The Kier molecular flexibility index (Phi) is 7.28. The first-order valence-corrected chi connectivity index (χ1v) is 11.4. The highest BCUT2D eigenvalue weighted by molar-refractivity contribution is 6.39. The fourth-order valence-electron chi connectivity index (χ4n) is 3.78. The molecule has 1 fully saturated rings. The lowest BCUT2D eigenvalue weighted by Gasteiger charge is -2.27. The summed E-state index contributed by atoms with van der Waals surface area (Å²) in [5, 5.41) is 13.2. The fourth-order valence-corrected chi connectivity index (χ4v) is 3.78. The molecule has 1 heterocycles. The number of nitrogens with one attached hydrogen (secondary N) is 1. The Labute approximate surface area is 212 Å². The minimum Gasteiger partial charge on any atom is -0.490 e. The van der Waals surface area contributed by atoms with Crippen LogP contribution in [0.5, 0.6) is 11.5 Å². The van der Waals surface area contributed by atoms with Crippen molar-refractivity contribution >= 4 is 35.3 Å². The van der Waals surface area contributed by atoms with Gasteiger partial charge in [-0.2, -0.15) is 0 Å². The molecule has 10 nitrogen and oxygen atoms in total. The normalized spacial score (nSPS) is 14.5. The van der Waals surface area contributed by atoms with Crippen LogP contribution in [-0.2, 0) is 16.2 Å². The van der Waals surface area contributed by atoms with E-state index in [2.05, 4.69) is 5.32 Å². The Bertz CT molecular complexity index is 1430. The molecule has 1 aliphatic heterocycles. The molecule has 0 aliphatic carbocycles. The number of barbiturate groups is 1. The number of hydrogen-bond acceptors (Lipinski definition) is 7. The standard InChI is InChI=1S/C27H23N3O7/c1-3-36-24-15-18(11-12-23(24)37-16-19-8-6-9-20(13-19)30(34)35)14-21-25(31)28-27(33)29(26(21)32)22-10-5-4-7-17(22)2/h4-15H,3,16H2,1-2H3,(H,28,31,33)/b21-14+. The van der Waals surface area contributed by atoms with Crippen LogP contribution in [-0.4, -0.2) is 29.4 Å². The molecular formula is C27H23N3O7. The SMILES string of the molecule is CCOc1cc(/C=C2\C(=O)NC(=O)N(c3ccccc3C)C2=O)ccc1OCc1cccc([N+](=O)[O-])c1. The van der Waals surface area contributed by atoms with Gasteiger partial charge in [0.25, 0.3) is 17.5 Å². The zero-order valence-corrected chi connectivity index (χ0v) is 20.1. The van der Waals surface area contributed by atoms with Crippen LogP contribution in [0.4, 0.5) is 16.2 Å². The molecule has 0 bridgehead atoms. The molecule has 0 saturated carbocycles. The van der Waals surface area contributed by atoms with Gasteiger partial charge in [-0.25, -0.2) is 9.69 Å². The maximum absolute atomic E-state index is 13.2. The zero-order chi connectivity index (χ0) is 26.5. The number of aryl methyl sites for hydroxylation is 1. The molecule has 4 rings (SSSR count). The summed E-state index contributed by atoms with van der Waals surface area (Å²) in [6, 6.07) is 17.0. The number of carbonyl (C=O) groups is 3. The Morgan fingerprint density at radius 1 is 0.973 bits per heavy atom. The van der Waals surface area contributed by atoms with Crippen LogP contribution in [0.1, 0.15) is 23.6 Å². The van der Waals surface area contributed by atoms with Crippen molar-refractivity contribution < 1.29 is 28.8 Å². The number of benzene rings is 3. The highest BCUT2D eigenvalue weighted by atomic mass is 16.6. The number of non-ortho nitro benzene ring substituents is 1. The average Bonchev–Trinajstić information content (AvgIpc) is 2.87. The van der Waals surface area contributed by atoms with Gasteiger partial charge in [0.2, 0.25) is 0 Å². The molecule has 3 aromatic rings. The number of nitro benzene ring substituents is 1. The number of para-hydroxylation sites is 1. The molecule has 10 heteroatoms. The summed E-state index contributed by atoms with van der Waals surface area (Å²) in [5.41, 5.74) is 1.90. The van der Waals surface area contributed by atoms with Crippen molar-refractivity contribution in [2.24, 2.45) is 0 Å². The summed E-state index contributed by atoms with van der Waals surface area (Å²) >= 11 is 0. The van der Waals surface area contributed by atoms with E-state index in [4.69, 9.17) is 9.47 Å². The minimum absolute atomic E-state index is 0.0400. The van der Waals surface area contributed by atoms with Crippen LogP contribution in [0.25, 0.3) is 6.08 Å². The number of nitrogens with zero attached hydrogens (tertiary/aromatic N) is 2. The maximum Gasteiger partial charge on any atom is 0.335 e. The number of nitro groups is 1. The summed E-state index contributed by atoms with van der Waals surface area (Å²) in [5.74, 6) is -0.805. The average molecular weight is 501 g/mol. The third-order valence-corrected chi connectivity index (χ3v) is 5.55. The molecule has 1 aliphatic rings. The molecule has 0 radical (unpaired) electrons. The summed E-state index contributed by atoms with van der Waals surface area (Å²) < 4.78 is 11.5. The molecule has 37 heavy (non-hydrogen) atoms. The van der Waals surface area contributed by atoms with Crippen LogP contribution in [0.2, 0.25) is 0 Å². The number of hydrogen-bond donors (Lipinski definition) is 1. The molecule has 1 N–H and O–H groups in total. The number of rotatable bonds is 8. The molecule has 0 unspecified atom stereocenters. The highest BCUT2D eigenvalue weighted by Crippen LogP contribution is 2.31. The van der Waals surface area contributed by atoms with E-state index in [1.165, 1.54) is 18.2 Å². The largest absolute Gasteiger partial charge is 0.490 e. The second kappa shape index (κ2) is 10.7. The Hall–Kier alpha value is -4.99. The van der Waals surface area contributed by atoms with Crippen LogP contribution in [0.3, 0.4) is 0 Å². The van der Waals surface area contributed by atoms with Crippen molar-refractivity contribution in [2.45, 2.75) is 20.5 Å². The van der Waals surface area contributed by atoms with Gasteiger partial charge in [-0.05, 0) is 54.8 Å². The summed E-state index contributed by atoms with van der Waals surface area (Å²) in [4.78, 5) is 49.7. The third kappa shape index (κ3) is 5.48. The van der Waals surface area contributed by atoms with E-state index in [1.54, 1.807) is 68.4 Å². The van der Waals surface area contributed by atoms with Gasteiger partial charge in [0.05, 0.1) is 17.2 Å². The van der Waals surface area contributed by atoms with Gasteiger partial charge >= 0.3 is 6.03 Å². The number of carbonyl (C=O) groups excluding carboxylic acids is 3. The molecule has 0 aromatic heterocycles. The Balaban J connectivity index is 1.61. The van der Waals surface area contributed by atoms with Crippen LogP contribution in [0, 0.1) is 17.0 Å². The molecule has 188 valence electrons. The van der Waals surface area contributed by atoms with Gasteiger partial charge in [-0.3, -0.25) is 25.0 Å². The van der Waals surface area contributed by atoms with E-state index < -0.39 is 22.8 Å². The predicted molar refractivity (Wildman–Crippen MR) is 135 cm³/mol. The summed E-state index contributed by atoms with van der Waals surface area (Å²) in [7, 11) is 0. The number of amides is 4. The second-order valence-corrected chi connectivity index (χ2v) is 8.10. The minimum atomic E-state index is -0.818. The quantitative estimate of drug-likeness (QED) is 0.208. The first-order valence-electron chi connectivity index (χ1n) is 11.4. The van der Waals surface area contributed by atoms with Crippen LogP contribution in [0.15, 0.2) is 72.3 Å². The highest BCUT2D eigenvalue weighted by Gasteiger charge is 2.37.